The van der Waals surface area contributed by atoms with Gasteiger partial charge in [0, 0.05) is 17.3 Å². The van der Waals surface area contributed by atoms with Gasteiger partial charge in [-0.05, 0) is 12.1 Å². The Hall–Kier alpha value is -1.83. The van der Waals surface area contributed by atoms with Crippen molar-refractivity contribution < 1.29 is 4.74 Å². The van der Waals surface area contributed by atoms with Crippen LogP contribution >= 0.6 is 0 Å². The summed E-state index contributed by atoms with van der Waals surface area (Å²) in [6.45, 7) is 0. The van der Waals surface area contributed by atoms with Crippen molar-refractivity contribution in [2.45, 2.75) is 0 Å². The van der Waals surface area contributed by atoms with Crippen molar-refractivity contribution in [1.82, 2.24) is 4.98 Å². The quantitative estimate of drug-likeness (QED) is 0.715. The average Bonchev–Trinajstić information content (AvgIpc) is 2.30. The van der Waals surface area contributed by atoms with E-state index < -0.39 is 0 Å². The first-order chi connectivity index (χ1) is 6.92. The smallest absolute Gasteiger partial charge is 0.126 e. The fraction of sp³-hybridized carbons (Fsp3) is 0.0833. The lowest BCUT2D eigenvalue weighted by molar-refractivity contribution is 0.416. The summed E-state index contributed by atoms with van der Waals surface area (Å²) >= 11 is 0. The lowest BCUT2D eigenvalue weighted by Crippen LogP contribution is -1.87. The predicted molar refractivity (Wildman–Crippen MR) is 55.1 cm³/mol. The molecule has 1 radical (unpaired) electrons. The number of hydrogen-bond donors (Lipinski definition) is 0. The van der Waals surface area contributed by atoms with Gasteiger partial charge in [-0.3, -0.25) is 4.98 Å². The Bertz CT molecular complexity index is 412. The monoisotopic (exact) mass is 184 g/mol. The second-order valence-corrected chi connectivity index (χ2v) is 2.88. The van der Waals surface area contributed by atoms with Crippen LogP contribution in [0, 0.1) is 6.20 Å². The summed E-state index contributed by atoms with van der Waals surface area (Å²) in [7, 11) is 1.67. The minimum absolute atomic E-state index is 0.862. The van der Waals surface area contributed by atoms with Gasteiger partial charge in [0.05, 0.1) is 13.3 Å². The molecule has 0 fully saturated rings. The third-order valence-corrected chi connectivity index (χ3v) is 2.03. The van der Waals surface area contributed by atoms with Gasteiger partial charge in [-0.2, -0.15) is 0 Å². The number of aromatic nitrogens is 1. The first kappa shape index (κ1) is 8.75. The van der Waals surface area contributed by atoms with Crippen molar-refractivity contribution in [3.05, 3.63) is 48.8 Å². The first-order valence-corrected chi connectivity index (χ1v) is 4.37. The lowest BCUT2D eigenvalue weighted by Gasteiger charge is -2.06. The summed E-state index contributed by atoms with van der Waals surface area (Å²) in [6.07, 6.45) is 4.52. The molecule has 0 N–H and O–H groups in total. The van der Waals surface area contributed by atoms with E-state index in [-0.39, 0.29) is 0 Å². The van der Waals surface area contributed by atoms with Crippen LogP contribution in [0.4, 0.5) is 0 Å². The van der Waals surface area contributed by atoms with Gasteiger partial charge in [-0.25, -0.2) is 0 Å². The maximum absolute atomic E-state index is 5.26. The van der Waals surface area contributed by atoms with Crippen LogP contribution in [0.2, 0.25) is 0 Å². The maximum Gasteiger partial charge on any atom is 0.126 e. The van der Waals surface area contributed by atoms with Crippen LogP contribution in [-0.2, 0) is 0 Å². The highest BCUT2D eigenvalue weighted by atomic mass is 16.5. The van der Waals surface area contributed by atoms with Gasteiger partial charge in [0.1, 0.15) is 5.75 Å². The Labute approximate surface area is 83.2 Å². The van der Waals surface area contributed by atoms with E-state index in [2.05, 4.69) is 11.2 Å². The van der Waals surface area contributed by atoms with Crippen molar-refractivity contribution in [2.75, 3.05) is 7.11 Å². The summed E-state index contributed by atoms with van der Waals surface area (Å²) in [6, 6.07) is 11.6. The van der Waals surface area contributed by atoms with Crippen LogP contribution in [0.3, 0.4) is 0 Å². The minimum atomic E-state index is 0.862. The molecule has 0 spiro atoms. The van der Waals surface area contributed by atoms with E-state index >= 15 is 0 Å². The van der Waals surface area contributed by atoms with Gasteiger partial charge in [0.25, 0.3) is 0 Å². The number of rotatable bonds is 2. The highest BCUT2D eigenvalue weighted by molar-refractivity contribution is 5.69. The van der Waals surface area contributed by atoms with E-state index in [0.717, 1.165) is 16.9 Å². The molecular formula is C12H10NO. The van der Waals surface area contributed by atoms with Gasteiger partial charge in [-0.1, -0.05) is 24.3 Å². The van der Waals surface area contributed by atoms with E-state index in [9.17, 15) is 0 Å². The number of hydrogen-bond acceptors (Lipinski definition) is 2. The summed E-state index contributed by atoms with van der Waals surface area (Å²) in [5, 5.41) is 0. The molecule has 14 heavy (non-hydrogen) atoms. The second kappa shape index (κ2) is 3.92. The number of nitrogens with zero attached hydrogens (tertiary/aromatic N) is 1. The van der Waals surface area contributed by atoms with E-state index in [4.69, 9.17) is 4.74 Å². The van der Waals surface area contributed by atoms with Crippen LogP contribution in [0.1, 0.15) is 0 Å². The molecule has 69 valence electrons. The first-order valence-electron chi connectivity index (χ1n) is 4.37. The maximum atomic E-state index is 5.26. The molecule has 0 bridgehead atoms. The Morgan fingerprint density at radius 2 is 2.07 bits per heavy atom. The standard InChI is InChI=1S/C12H10NO/c1-14-12-7-3-2-6-11(12)10-5-4-8-13-9-10/h2-7,9H,1H3. The van der Waals surface area contributed by atoms with Crippen LogP contribution in [0.25, 0.3) is 11.1 Å². The third kappa shape index (κ3) is 1.59. The van der Waals surface area contributed by atoms with Crippen LogP contribution in [0.5, 0.6) is 5.75 Å². The zero-order valence-electron chi connectivity index (χ0n) is 7.90. The highest BCUT2D eigenvalue weighted by Gasteiger charge is 2.03. The van der Waals surface area contributed by atoms with E-state index in [1.807, 2.05) is 30.3 Å². The largest absolute Gasteiger partial charge is 0.496 e. The molecule has 0 atom stereocenters. The average molecular weight is 184 g/mol. The molecule has 2 heteroatoms. The number of pyridine rings is 1. The second-order valence-electron chi connectivity index (χ2n) is 2.88. The summed E-state index contributed by atoms with van der Waals surface area (Å²) in [4.78, 5) is 3.96. The molecule has 0 aliphatic rings. The molecule has 0 amide bonds. The van der Waals surface area contributed by atoms with Crippen molar-refractivity contribution in [3.8, 4) is 16.9 Å². The molecule has 1 aromatic heterocycles. The molecule has 0 aliphatic carbocycles. The Morgan fingerprint density at radius 3 is 2.79 bits per heavy atom. The fourth-order valence-electron chi connectivity index (χ4n) is 1.36. The summed E-state index contributed by atoms with van der Waals surface area (Å²) in [5.74, 6) is 0.862. The normalized spacial score (nSPS) is 9.79. The zero-order valence-corrected chi connectivity index (χ0v) is 7.90. The third-order valence-electron chi connectivity index (χ3n) is 2.03. The lowest BCUT2D eigenvalue weighted by atomic mass is 10.1. The summed E-state index contributed by atoms with van der Waals surface area (Å²) in [5.41, 5.74) is 2.10. The Kier molecular flexibility index (Phi) is 2.45. The zero-order chi connectivity index (χ0) is 9.80. The molecule has 1 aromatic carbocycles. The molecule has 2 aromatic rings. The van der Waals surface area contributed by atoms with Gasteiger partial charge in [0.15, 0.2) is 0 Å². The van der Waals surface area contributed by atoms with Crippen LogP contribution in [0.15, 0.2) is 42.6 Å². The van der Waals surface area contributed by atoms with E-state index in [1.54, 1.807) is 19.4 Å². The van der Waals surface area contributed by atoms with Crippen LogP contribution in [-0.4, -0.2) is 12.1 Å². The molecule has 0 unspecified atom stereocenters. The van der Waals surface area contributed by atoms with Gasteiger partial charge in [0.2, 0.25) is 0 Å². The van der Waals surface area contributed by atoms with Crippen molar-refractivity contribution in [3.63, 3.8) is 0 Å². The highest BCUT2D eigenvalue weighted by Crippen LogP contribution is 2.28. The summed E-state index contributed by atoms with van der Waals surface area (Å²) < 4.78 is 5.26. The van der Waals surface area contributed by atoms with E-state index in [0.29, 0.717) is 0 Å². The molecule has 2 rings (SSSR count). The van der Waals surface area contributed by atoms with Crippen LogP contribution < -0.4 is 4.74 Å². The van der Waals surface area contributed by atoms with Crippen molar-refractivity contribution in [2.24, 2.45) is 0 Å². The molecule has 1 heterocycles. The Balaban J connectivity index is 2.51. The number of ether oxygens (including phenoxy) is 1. The number of methoxy groups -OCH3 is 1. The predicted octanol–water partition coefficient (Wildman–Crippen LogP) is 2.56. The van der Waals surface area contributed by atoms with E-state index in [1.165, 1.54) is 0 Å². The molecule has 0 saturated heterocycles. The number of benzene rings is 1. The minimum Gasteiger partial charge on any atom is -0.496 e. The SMILES string of the molecule is COc1ccccc1-c1cc[c]nc1. The van der Waals surface area contributed by atoms with Gasteiger partial charge in [-0.15, -0.1) is 0 Å². The fourth-order valence-corrected chi connectivity index (χ4v) is 1.36. The van der Waals surface area contributed by atoms with Gasteiger partial charge >= 0.3 is 0 Å². The van der Waals surface area contributed by atoms with Gasteiger partial charge < -0.3 is 4.74 Å². The molecule has 0 aliphatic heterocycles. The molecule has 2 nitrogen and oxygen atoms in total. The van der Waals surface area contributed by atoms with Crippen molar-refractivity contribution in [1.29, 1.82) is 0 Å². The topological polar surface area (TPSA) is 22.1 Å². The molecular weight excluding hydrogens is 174 g/mol. The number of para-hydroxylation sites is 1. The van der Waals surface area contributed by atoms with Crippen molar-refractivity contribution >= 4 is 0 Å². The Morgan fingerprint density at radius 1 is 1.21 bits per heavy atom. The molecule has 0 saturated carbocycles.